The van der Waals surface area contributed by atoms with Crippen LogP contribution in [0.1, 0.15) is 62.9 Å². The maximum absolute atomic E-state index is 14.9. The van der Waals surface area contributed by atoms with Crippen LogP contribution in [0.4, 0.5) is 0 Å². The predicted octanol–water partition coefficient (Wildman–Crippen LogP) is 9.54. The first kappa shape index (κ1) is 56.3. The van der Waals surface area contributed by atoms with E-state index in [-0.39, 0.29) is 47.6 Å². The van der Waals surface area contributed by atoms with Gasteiger partial charge in [-0.2, -0.15) is 0 Å². The molecule has 18 heteroatoms. The van der Waals surface area contributed by atoms with E-state index in [4.69, 9.17) is 54.2 Å². The van der Waals surface area contributed by atoms with Gasteiger partial charge in [-0.3, -0.25) is 19.3 Å². The van der Waals surface area contributed by atoms with Crippen molar-refractivity contribution >= 4 is 59.1 Å². The second-order valence-corrected chi connectivity index (χ2v) is 20.4. The van der Waals surface area contributed by atoms with Crippen molar-refractivity contribution in [2.24, 2.45) is 0 Å². The van der Waals surface area contributed by atoms with Crippen LogP contribution in [0.3, 0.4) is 0 Å². The number of carbonyl (C=O) groups is 6. The number of imide groups is 1. The fourth-order valence-corrected chi connectivity index (χ4v) is 11.0. The predicted molar refractivity (Wildman–Crippen MR) is 295 cm³/mol. The molecule has 3 heterocycles. The van der Waals surface area contributed by atoms with Crippen molar-refractivity contribution in [1.82, 2.24) is 4.90 Å². The van der Waals surface area contributed by atoms with E-state index in [0.717, 1.165) is 15.4 Å². The van der Waals surface area contributed by atoms with E-state index in [1.165, 1.54) is 48.2 Å². The summed E-state index contributed by atoms with van der Waals surface area (Å²) in [5.74, 6) is -5.44. The lowest BCUT2D eigenvalue weighted by Crippen LogP contribution is -2.68. The number of benzene rings is 7. The highest BCUT2D eigenvalue weighted by atomic mass is 35.5. The molecular weight excluding hydrogens is 1080 g/mol. The fraction of sp³-hybridized carbons (Fsp3) is 0.238. The normalized spacial score (nSPS) is 23.2. The number of amides is 2. The van der Waals surface area contributed by atoms with Gasteiger partial charge in [-0.05, 0) is 71.8 Å². The second-order valence-electron chi connectivity index (χ2n) is 18.9. The molecule has 2 fully saturated rings. The zero-order valence-electron chi connectivity index (χ0n) is 43.3. The number of alkyl halides is 1. The van der Waals surface area contributed by atoms with Gasteiger partial charge in [-0.25, -0.2) is 14.4 Å². The van der Waals surface area contributed by atoms with E-state index in [1.54, 1.807) is 78.9 Å². The Morgan fingerprint density at radius 2 is 0.926 bits per heavy atom. The summed E-state index contributed by atoms with van der Waals surface area (Å²) in [6.07, 6.45) is -12.7. The van der Waals surface area contributed by atoms with Gasteiger partial charge in [-0.15, -0.1) is 11.6 Å². The van der Waals surface area contributed by atoms with Crippen LogP contribution in [0.5, 0.6) is 0 Å². The third-order valence-electron chi connectivity index (χ3n) is 13.6. The number of hydrogen-bond donors (Lipinski definition) is 0. The lowest BCUT2D eigenvalue weighted by molar-refractivity contribution is -0.336. The summed E-state index contributed by atoms with van der Waals surface area (Å²) in [7, 11) is 0. The molecule has 3 aliphatic rings. The third-order valence-corrected chi connectivity index (χ3v) is 15.0. The molecule has 0 unspecified atom stereocenters. The van der Waals surface area contributed by atoms with Gasteiger partial charge < -0.3 is 42.6 Å². The first-order valence-corrected chi connectivity index (χ1v) is 27.5. The van der Waals surface area contributed by atoms with Crippen LogP contribution < -0.4 is 0 Å². The molecule has 0 aliphatic carbocycles. The van der Waals surface area contributed by atoms with Crippen LogP contribution in [-0.2, 0) is 60.6 Å². The van der Waals surface area contributed by atoms with Gasteiger partial charge >= 0.3 is 23.9 Å². The SMILES string of the molecule is O=C(CCl)OC[C@H]1O[C@@H](O[C@H]2[C@H](OCc3ccccc3)[C@@H](N3C(=O)c4ccccc4C3=O)[C@H](Sc3ccccc3)O[C@@H]2COCc2ccccc2)[C@H](OC(=O)c2ccccc2)[C@@H](OC(=O)c2ccccc2)[C@H]1OC(=O)c1ccccc1. The van der Waals surface area contributed by atoms with Crippen molar-refractivity contribution in [3.63, 3.8) is 0 Å². The average Bonchev–Trinajstić information content (AvgIpc) is 3.99. The quantitative estimate of drug-likeness (QED) is 0.0286. The summed E-state index contributed by atoms with van der Waals surface area (Å²) >= 11 is 7.21. The number of rotatable bonds is 21. The Hall–Kier alpha value is -8.00. The highest BCUT2D eigenvalue weighted by Crippen LogP contribution is 2.43. The van der Waals surface area contributed by atoms with Crippen LogP contribution in [0, 0.1) is 0 Å². The topological polar surface area (TPSA) is 189 Å². The van der Waals surface area contributed by atoms with Crippen molar-refractivity contribution in [3.8, 4) is 0 Å². The lowest BCUT2D eigenvalue weighted by atomic mass is 9.94. The molecule has 10 atom stereocenters. The van der Waals surface area contributed by atoms with E-state index >= 15 is 0 Å². The maximum Gasteiger partial charge on any atom is 0.338 e. The van der Waals surface area contributed by atoms with Gasteiger partial charge in [0.15, 0.2) is 24.6 Å². The third kappa shape index (κ3) is 13.6. The molecule has 3 aliphatic heterocycles. The van der Waals surface area contributed by atoms with Crippen molar-refractivity contribution in [1.29, 1.82) is 0 Å². The summed E-state index contributed by atoms with van der Waals surface area (Å²) in [5, 5.41) is 0. The van der Waals surface area contributed by atoms with Crippen LogP contribution in [-0.4, -0.2) is 120 Å². The van der Waals surface area contributed by atoms with Gasteiger partial charge in [0.1, 0.15) is 48.4 Å². The van der Waals surface area contributed by atoms with Crippen LogP contribution in [0.2, 0.25) is 0 Å². The summed E-state index contributed by atoms with van der Waals surface area (Å²) in [6, 6.07) is 57.0. The van der Waals surface area contributed by atoms with Crippen molar-refractivity contribution in [2.45, 2.75) is 78.6 Å². The largest absolute Gasteiger partial charge is 0.462 e. The molecule has 10 rings (SSSR count). The Morgan fingerprint density at radius 3 is 1.44 bits per heavy atom. The Bertz CT molecular complexity index is 3220. The molecule has 0 saturated carbocycles. The van der Waals surface area contributed by atoms with Crippen LogP contribution in [0.25, 0.3) is 0 Å². The number of nitrogens with zero attached hydrogens (tertiary/aromatic N) is 1. The van der Waals surface area contributed by atoms with Gasteiger partial charge in [0, 0.05) is 4.90 Å². The minimum absolute atomic E-state index is 0.0732. The number of ether oxygens (including phenoxy) is 9. The monoisotopic (exact) mass is 1130 g/mol. The molecule has 7 aromatic rings. The summed E-state index contributed by atoms with van der Waals surface area (Å²) < 4.78 is 59.4. The van der Waals surface area contributed by atoms with Crippen molar-refractivity contribution < 1.29 is 71.4 Å². The highest BCUT2D eigenvalue weighted by molar-refractivity contribution is 7.99. The molecule has 2 saturated heterocycles. The Morgan fingerprint density at radius 1 is 0.481 bits per heavy atom. The van der Waals surface area contributed by atoms with Gasteiger partial charge in [0.2, 0.25) is 0 Å². The molecule has 7 aromatic carbocycles. The molecule has 2 amide bonds. The Labute approximate surface area is 476 Å². The van der Waals surface area contributed by atoms with Crippen LogP contribution >= 0.6 is 23.4 Å². The van der Waals surface area contributed by atoms with E-state index in [0.29, 0.717) is 5.56 Å². The maximum atomic E-state index is 14.9. The zero-order valence-corrected chi connectivity index (χ0v) is 44.9. The van der Waals surface area contributed by atoms with E-state index < -0.39 is 109 Å². The molecule has 414 valence electrons. The van der Waals surface area contributed by atoms with E-state index in [1.807, 2.05) is 91.0 Å². The molecule has 0 aromatic heterocycles. The lowest BCUT2D eigenvalue weighted by Gasteiger charge is -2.51. The minimum atomic E-state index is -1.87. The van der Waals surface area contributed by atoms with E-state index in [9.17, 15) is 28.8 Å². The summed E-state index contributed by atoms with van der Waals surface area (Å²) in [6.45, 7) is -0.843. The summed E-state index contributed by atoms with van der Waals surface area (Å²) in [4.78, 5) is 88.0. The number of hydrogen-bond acceptors (Lipinski definition) is 16. The first-order chi connectivity index (χ1) is 39.6. The number of esters is 4. The fourth-order valence-electron chi connectivity index (χ4n) is 9.69. The molecule has 0 spiro atoms. The van der Waals surface area contributed by atoms with Crippen molar-refractivity contribution in [2.75, 3.05) is 19.1 Å². The van der Waals surface area contributed by atoms with Gasteiger partial charge in [0.05, 0.1) is 47.6 Å². The Balaban J connectivity index is 1.13. The number of halogens is 1. The molecule has 81 heavy (non-hydrogen) atoms. The number of fused-ring (bicyclic) bond motifs is 1. The second kappa shape index (κ2) is 27.0. The van der Waals surface area contributed by atoms with Crippen molar-refractivity contribution in [3.05, 3.63) is 245 Å². The average molecular weight is 1130 g/mol. The smallest absolute Gasteiger partial charge is 0.338 e. The first-order valence-electron chi connectivity index (χ1n) is 26.1. The summed E-state index contributed by atoms with van der Waals surface area (Å²) in [5.41, 5.74) is 1.05. The van der Waals surface area contributed by atoms with Gasteiger partial charge in [0.25, 0.3) is 11.8 Å². The van der Waals surface area contributed by atoms with Gasteiger partial charge in [-0.1, -0.05) is 157 Å². The highest BCUT2D eigenvalue weighted by Gasteiger charge is 2.59. The standard InChI is InChI=1S/C63H54ClNO15S/c64-35-50(66)73-39-49-53(77-59(69)42-25-11-3-12-26-42)55(78-60(70)43-27-13-4-14-28-43)56(79-61(71)44-29-15-5-16-30-44)62(75-49)80-52-48(38-72-36-40-21-7-1-8-22-40)76-63(81-45-31-17-6-18-32-45)51(54(52)74-37-41-23-9-2-10-24-41)65-57(67)46-33-19-20-34-47(46)58(65)68/h1-34,48-49,51-56,62-63H,35-39H2/t48-,49-,51-,52-,53+,54-,55+,56-,62+,63+/m1/s1. The molecule has 0 N–H and O–H groups in total. The van der Waals surface area contributed by atoms with Crippen LogP contribution in [0.15, 0.2) is 211 Å². The minimum Gasteiger partial charge on any atom is -0.462 e. The van der Waals surface area contributed by atoms with E-state index in [2.05, 4.69) is 0 Å². The number of carbonyl (C=O) groups excluding carboxylic acids is 6. The number of thioether (sulfide) groups is 1. The molecular formula is C63H54ClNO15S. The molecule has 0 radical (unpaired) electrons. The molecule has 16 nitrogen and oxygen atoms in total. The molecule has 0 bridgehead atoms. The Kier molecular flexibility index (Phi) is 18.7. The zero-order chi connectivity index (χ0) is 56.1.